The first kappa shape index (κ1) is 10.7. The van der Waals surface area contributed by atoms with Crippen LogP contribution in [-0.2, 0) is 0 Å². The number of hydrogen-bond donors (Lipinski definition) is 5. The maximum atomic E-state index is 11.5. The van der Waals surface area contributed by atoms with Gasteiger partial charge in [-0.3, -0.25) is 9.78 Å². The lowest BCUT2D eigenvalue weighted by molar-refractivity contribution is 0.100. The second-order valence-electron chi connectivity index (χ2n) is 3.54. The number of β-amino-alcohol motifs (C(OH)–C–C–N with tert-alkyl or cyclic N) is 1. The topological polar surface area (TPSA) is 128 Å². The summed E-state index contributed by atoms with van der Waals surface area (Å²) in [7, 11) is 0. The Bertz CT molecular complexity index is 446. The molecule has 1 atom stereocenters. The number of hydrogen-bond acceptors (Lipinski definition) is 7. The molecule has 8 nitrogen and oxygen atoms in total. The summed E-state index contributed by atoms with van der Waals surface area (Å²) in [6, 6.07) is 0. The molecule has 1 aromatic rings. The fourth-order valence-corrected chi connectivity index (χ4v) is 1.58. The number of anilines is 3. The Morgan fingerprint density at radius 3 is 3.06 bits per heavy atom. The number of fused-ring (bicyclic) bond motifs is 1. The molecule has 0 spiro atoms. The van der Waals surface area contributed by atoms with Gasteiger partial charge in [-0.1, -0.05) is 0 Å². The highest BCUT2D eigenvalue weighted by molar-refractivity contribution is 5.70. The molecule has 88 valence electrons. The average molecular weight is 227 g/mol. The number of nitrogens with one attached hydrogen (secondary N) is 2. The predicted molar refractivity (Wildman–Crippen MR) is 58.2 cm³/mol. The summed E-state index contributed by atoms with van der Waals surface area (Å²) in [4.78, 5) is 19.4. The first-order valence-corrected chi connectivity index (χ1v) is 4.79. The predicted octanol–water partition coefficient (Wildman–Crippen LogP) is -2.11. The van der Waals surface area contributed by atoms with Crippen LogP contribution in [0.3, 0.4) is 0 Å². The molecule has 1 aromatic heterocycles. The van der Waals surface area contributed by atoms with Gasteiger partial charge in [0.1, 0.15) is 5.69 Å². The third-order valence-corrected chi connectivity index (χ3v) is 2.31. The summed E-state index contributed by atoms with van der Waals surface area (Å²) in [6.07, 6.45) is -0.880. The van der Waals surface area contributed by atoms with E-state index in [9.17, 15) is 9.90 Å². The van der Waals surface area contributed by atoms with Crippen LogP contribution in [0.1, 0.15) is 0 Å². The first-order valence-electron chi connectivity index (χ1n) is 4.79. The summed E-state index contributed by atoms with van der Waals surface area (Å²) in [5.74, 6) is 0.421. The van der Waals surface area contributed by atoms with Crippen LogP contribution in [0.4, 0.5) is 17.5 Å². The second-order valence-corrected chi connectivity index (χ2v) is 3.54. The van der Waals surface area contributed by atoms with Crippen molar-refractivity contribution in [1.82, 2.24) is 9.97 Å². The van der Waals surface area contributed by atoms with Crippen molar-refractivity contribution in [3.05, 3.63) is 10.4 Å². The van der Waals surface area contributed by atoms with Crippen LogP contribution in [0.15, 0.2) is 4.79 Å². The third kappa shape index (κ3) is 1.79. The van der Waals surface area contributed by atoms with Crippen molar-refractivity contribution in [2.24, 2.45) is 0 Å². The summed E-state index contributed by atoms with van der Waals surface area (Å²) in [6.45, 7) is 0.197. The van der Waals surface area contributed by atoms with Gasteiger partial charge in [-0.05, 0) is 0 Å². The lowest BCUT2D eigenvalue weighted by Crippen LogP contribution is -2.34. The molecule has 8 heteroatoms. The molecule has 1 aliphatic heterocycles. The molecular weight excluding hydrogens is 214 g/mol. The number of aromatic amines is 1. The molecule has 2 rings (SSSR count). The minimum Gasteiger partial charge on any atom is -0.394 e. The van der Waals surface area contributed by atoms with Gasteiger partial charge < -0.3 is 26.2 Å². The van der Waals surface area contributed by atoms with Gasteiger partial charge >= 0.3 is 0 Å². The quantitative estimate of drug-likeness (QED) is 0.400. The number of nitrogens with zero attached hydrogens (tertiary/aromatic N) is 2. The molecule has 0 amide bonds. The van der Waals surface area contributed by atoms with E-state index in [1.54, 1.807) is 4.90 Å². The largest absolute Gasteiger partial charge is 0.394 e. The van der Waals surface area contributed by atoms with Crippen LogP contribution in [0.5, 0.6) is 0 Å². The highest BCUT2D eigenvalue weighted by atomic mass is 16.3. The molecule has 0 saturated heterocycles. The maximum Gasteiger partial charge on any atom is 0.277 e. The van der Waals surface area contributed by atoms with Gasteiger partial charge in [-0.15, -0.1) is 0 Å². The van der Waals surface area contributed by atoms with E-state index >= 15 is 0 Å². The highest BCUT2D eigenvalue weighted by Gasteiger charge is 2.25. The molecule has 0 bridgehead atoms. The Hall–Kier alpha value is -1.80. The van der Waals surface area contributed by atoms with E-state index in [4.69, 9.17) is 10.8 Å². The monoisotopic (exact) mass is 227 g/mol. The molecule has 0 aromatic carbocycles. The van der Waals surface area contributed by atoms with Crippen molar-refractivity contribution in [2.75, 3.05) is 35.8 Å². The van der Waals surface area contributed by atoms with Crippen LogP contribution in [0.2, 0.25) is 0 Å². The Morgan fingerprint density at radius 2 is 2.38 bits per heavy atom. The number of aromatic nitrogens is 2. The van der Waals surface area contributed by atoms with Gasteiger partial charge in [0, 0.05) is 6.54 Å². The summed E-state index contributed by atoms with van der Waals surface area (Å²) < 4.78 is 0. The van der Waals surface area contributed by atoms with E-state index in [2.05, 4.69) is 15.3 Å². The minimum absolute atomic E-state index is 0.0240. The number of H-pyrrole nitrogens is 1. The number of aliphatic hydroxyl groups excluding tert-OH is 2. The van der Waals surface area contributed by atoms with E-state index in [1.165, 1.54) is 0 Å². The number of rotatable bonds is 3. The zero-order valence-corrected chi connectivity index (χ0v) is 8.47. The van der Waals surface area contributed by atoms with E-state index < -0.39 is 6.10 Å². The van der Waals surface area contributed by atoms with Crippen molar-refractivity contribution < 1.29 is 10.2 Å². The molecule has 0 saturated carbocycles. The summed E-state index contributed by atoms with van der Waals surface area (Å²) in [5, 5.41) is 20.9. The van der Waals surface area contributed by atoms with Gasteiger partial charge in [0.25, 0.3) is 5.56 Å². The maximum absolute atomic E-state index is 11.5. The van der Waals surface area contributed by atoms with Crippen molar-refractivity contribution in [3.8, 4) is 0 Å². The second kappa shape index (κ2) is 3.99. The van der Waals surface area contributed by atoms with Crippen LogP contribution in [0, 0.1) is 0 Å². The molecule has 0 fully saturated rings. The van der Waals surface area contributed by atoms with Gasteiger partial charge in [-0.2, -0.15) is 4.98 Å². The summed E-state index contributed by atoms with van der Waals surface area (Å²) >= 11 is 0. The van der Waals surface area contributed by atoms with E-state index in [0.717, 1.165) is 0 Å². The smallest absolute Gasteiger partial charge is 0.277 e. The van der Waals surface area contributed by atoms with Gasteiger partial charge in [-0.25, -0.2) is 0 Å². The van der Waals surface area contributed by atoms with Crippen molar-refractivity contribution in [2.45, 2.75) is 6.10 Å². The van der Waals surface area contributed by atoms with Crippen LogP contribution in [-0.4, -0.2) is 46.1 Å². The molecule has 6 N–H and O–H groups in total. The molecule has 16 heavy (non-hydrogen) atoms. The zero-order chi connectivity index (χ0) is 11.7. The Balaban J connectivity index is 2.29. The fourth-order valence-electron chi connectivity index (χ4n) is 1.58. The van der Waals surface area contributed by atoms with Crippen LogP contribution < -0.4 is 21.5 Å². The number of aliphatic hydroxyl groups is 2. The van der Waals surface area contributed by atoms with Gasteiger partial charge in [0.05, 0.1) is 19.4 Å². The molecular formula is C8H13N5O3. The van der Waals surface area contributed by atoms with Gasteiger partial charge in [0.2, 0.25) is 5.95 Å². The van der Waals surface area contributed by atoms with Crippen molar-refractivity contribution >= 4 is 17.5 Å². The molecule has 0 aliphatic carbocycles. The standard InChI is InChI=1S/C8H13N5O3/c9-8-11-6-5(7(16)12-8)10-3-13(6)1-4(15)2-14/h4,10,14-15H,1-3H2,(H3,9,11,12,16). The molecule has 2 heterocycles. The van der Waals surface area contributed by atoms with Crippen molar-refractivity contribution in [3.63, 3.8) is 0 Å². The third-order valence-electron chi connectivity index (χ3n) is 2.31. The first-order chi connectivity index (χ1) is 7.61. The zero-order valence-electron chi connectivity index (χ0n) is 8.47. The van der Waals surface area contributed by atoms with E-state index in [-0.39, 0.29) is 24.7 Å². The van der Waals surface area contributed by atoms with Crippen molar-refractivity contribution in [1.29, 1.82) is 0 Å². The Morgan fingerprint density at radius 1 is 1.62 bits per heavy atom. The average Bonchev–Trinajstić information content (AvgIpc) is 2.61. The van der Waals surface area contributed by atoms with Gasteiger partial charge in [0.15, 0.2) is 5.82 Å². The number of nitrogens with two attached hydrogens (primary N) is 1. The lowest BCUT2D eigenvalue weighted by atomic mass is 10.3. The molecule has 1 aliphatic rings. The lowest BCUT2D eigenvalue weighted by Gasteiger charge is -2.19. The fraction of sp³-hybridized carbons (Fsp3) is 0.500. The molecule has 1 unspecified atom stereocenters. The van der Waals surface area contributed by atoms with E-state index in [0.29, 0.717) is 18.2 Å². The SMILES string of the molecule is Nc1nc2c(c(=O)[nH]1)NCN2CC(O)CO. The van der Waals surface area contributed by atoms with Crippen LogP contribution in [0.25, 0.3) is 0 Å². The van der Waals surface area contributed by atoms with E-state index in [1.807, 2.05) is 0 Å². The number of nitrogen functional groups attached to an aromatic ring is 1. The Kier molecular flexibility index (Phi) is 2.67. The summed E-state index contributed by atoms with van der Waals surface area (Å²) in [5.41, 5.74) is 5.41. The normalized spacial score (nSPS) is 15.8. The van der Waals surface area contributed by atoms with Crippen LogP contribution >= 0.6 is 0 Å². The Labute approximate surface area is 90.7 Å². The highest BCUT2D eigenvalue weighted by Crippen LogP contribution is 2.25. The minimum atomic E-state index is -0.880. The molecule has 0 radical (unpaired) electrons.